The highest BCUT2D eigenvalue weighted by molar-refractivity contribution is 5.85. The van der Waals surface area contributed by atoms with Gasteiger partial charge in [-0.1, -0.05) is 18.9 Å². The molecule has 152 valence electrons. The summed E-state index contributed by atoms with van der Waals surface area (Å²) in [7, 11) is 0. The third kappa shape index (κ3) is 4.00. The molecule has 0 bridgehead atoms. The van der Waals surface area contributed by atoms with Crippen LogP contribution in [0.4, 0.5) is 8.78 Å². The van der Waals surface area contributed by atoms with Crippen molar-refractivity contribution in [1.29, 1.82) is 0 Å². The standard InChI is InChI=1S/C20H24F2N2O4/c1-11(25)23-15(19-13(21)6-4-7-14(19)22)10-18(26)24-16-8-3-2-5-12(16)9-17(24)20(27)28/h4,6-7,12,15-17H,2-3,5,8-10H2,1H3,(H,23,25)(H,27,28). The van der Waals surface area contributed by atoms with Crippen molar-refractivity contribution in [3.8, 4) is 0 Å². The van der Waals surface area contributed by atoms with E-state index in [1.807, 2.05) is 0 Å². The Morgan fingerprint density at radius 1 is 1.21 bits per heavy atom. The Morgan fingerprint density at radius 2 is 1.86 bits per heavy atom. The number of benzene rings is 1. The first-order chi connectivity index (χ1) is 13.3. The second kappa shape index (κ2) is 8.24. The van der Waals surface area contributed by atoms with E-state index in [2.05, 4.69) is 5.32 Å². The van der Waals surface area contributed by atoms with E-state index in [1.165, 1.54) is 17.9 Å². The van der Waals surface area contributed by atoms with E-state index in [0.29, 0.717) is 6.42 Å². The van der Waals surface area contributed by atoms with Crippen molar-refractivity contribution < 1.29 is 28.3 Å². The molecule has 1 saturated carbocycles. The molecule has 4 unspecified atom stereocenters. The molecule has 0 radical (unpaired) electrons. The number of nitrogens with zero attached hydrogens (tertiary/aromatic N) is 1. The summed E-state index contributed by atoms with van der Waals surface area (Å²) in [4.78, 5) is 37.7. The molecule has 2 fully saturated rings. The minimum atomic E-state index is -1.21. The minimum Gasteiger partial charge on any atom is -0.480 e. The number of carbonyl (C=O) groups is 3. The minimum absolute atomic E-state index is 0.128. The van der Waals surface area contributed by atoms with Gasteiger partial charge >= 0.3 is 5.97 Å². The van der Waals surface area contributed by atoms with Crippen LogP contribution in [-0.2, 0) is 14.4 Å². The molecule has 1 aromatic carbocycles. The molecule has 1 saturated heterocycles. The second-order valence-electron chi connectivity index (χ2n) is 7.60. The van der Waals surface area contributed by atoms with Crippen molar-refractivity contribution in [2.45, 2.75) is 63.6 Å². The predicted octanol–water partition coefficient (Wildman–Crippen LogP) is 2.78. The summed E-state index contributed by atoms with van der Waals surface area (Å²) in [5, 5.41) is 12.0. The molecule has 1 aromatic rings. The molecule has 0 aromatic heterocycles. The van der Waals surface area contributed by atoms with Gasteiger partial charge in [0.15, 0.2) is 0 Å². The van der Waals surface area contributed by atoms with Crippen molar-refractivity contribution >= 4 is 17.8 Å². The molecular formula is C20H24F2N2O4. The van der Waals surface area contributed by atoms with Gasteiger partial charge < -0.3 is 15.3 Å². The molecule has 6 nitrogen and oxygen atoms in total. The Morgan fingerprint density at radius 3 is 2.46 bits per heavy atom. The van der Waals surface area contributed by atoms with Gasteiger partial charge in [-0.25, -0.2) is 13.6 Å². The molecule has 2 aliphatic rings. The van der Waals surface area contributed by atoms with E-state index in [4.69, 9.17) is 0 Å². The Kier molecular flexibility index (Phi) is 5.96. The Labute approximate surface area is 161 Å². The van der Waals surface area contributed by atoms with Crippen LogP contribution in [0.2, 0.25) is 0 Å². The maximum atomic E-state index is 14.2. The number of carboxylic acids is 1. The van der Waals surface area contributed by atoms with Crippen molar-refractivity contribution in [1.82, 2.24) is 10.2 Å². The summed E-state index contributed by atoms with van der Waals surface area (Å²) >= 11 is 0. The van der Waals surface area contributed by atoms with E-state index >= 15 is 0 Å². The van der Waals surface area contributed by atoms with Crippen molar-refractivity contribution in [2.24, 2.45) is 5.92 Å². The topological polar surface area (TPSA) is 86.7 Å². The first-order valence-electron chi connectivity index (χ1n) is 9.54. The smallest absolute Gasteiger partial charge is 0.326 e. The van der Waals surface area contributed by atoms with Crippen LogP contribution >= 0.6 is 0 Å². The van der Waals surface area contributed by atoms with Crippen LogP contribution in [0.5, 0.6) is 0 Å². The summed E-state index contributed by atoms with van der Waals surface area (Å²) in [5.74, 6) is -3.72. The van der Waals surface area contributed by atoms with Crippen LogP contribution in [0, 0.1) is 17.6 Å². The fraction of sp³-hybridized carbons (Fsp3) is 0.550. The fourth-order valence-electron chi connectivity index (χ4n) is 4.63. The summed E-state index contributed by atoms with van der Waals surface area (Å²) in [6.45, 7) is 1.20. The highest BCUT2D eigenvalue weighted by Crippen LogP contribution is 2.40. The number of carboxylic acid groups (broad SMARTS) is 1. The van der Waals surface area contributed by atoms with Crippen LogP contribution in [-0.4, -0.2) is 39.9 Å². The molecule has 3 rings (SSSR count). The molecule has 8 heteroatoms. The molecule has 1 aliphatic heterocycles. The average Bonchev–Trinajstić information content (AvgIpc) is 3.01. The number of fused-ring (bicyclic) bond motifs is 1. The zero-order valence-electron chi connectivity index (χ0n) is 15.7. The molecule has 4 atom stereocenters. The predicted molar refractivity (Wildman–Crippen MR) is 96.2 cm³/mol. The molecular weight excluding hydrogens is 370 g/mol. The van der Waals surface area contributed by atoms with E-state index < -0.39 is 53.5 Å². The first kappa shape index (κ1) is 20.2. The quantitative estimate of drug-likeness (QED) is 0.804. The summed E-state index contributed by atoms with van der Waals surface area (Å²) in [5.41, 5.74) is -0.391. The SMILES string of the molecule is CC(=O)NC(CC(=O)N1C(C(=O)O)CC2CCCCC21)c1c(F)cccc1F. The number of amides is 2. The van der Waals surface area contributed by atoms with Crippen LogP contribution in [0.3, 0.4) is 0 Å². The maximum absolute atomic E-state index is 14.2. The number of nitrogens with one attached hydrogen (secondary N) is 1. The van der Waals surface area contributed by atoms with Crippen molar-refractivity contribution in [2.75, 3.05) is 0 Å². The van der Waals surface area contributed by atoms with E-state index in [1.54, 1.807) is 0 Å². The van der Waals surface area contributed by atoms with Crippen LogP contribution in [0.25, 0.3) is 0 Å². The van der Waals surface area contributed by atoms with Gasteiger partial charge in [0.05, 0.1) is 12.5 Å². The normalized spacial score (nSPS) is 25.1. The second-order valence-corrected chi connectivity index (χ2v) is 7.60. The number of halogens is 2. The van der Waals surface area contributed by atoms with E-state index in [9.17, 15) is 28.3 Å². The average molecular weight is 394 g/mol. The lowest BCUT2D eigenvalue weighted by Gasteiger charge is -2.34. The Balaban J connectivity index is 1.88. The van der Waals surface area contributed by atoms with Gasteiger partial charge in [-0.05, 0) is 37.3 Å². The van der Waals surface area contributed by atoms with Gasteiger partial charge in [-0.2, -0.15) is 0 Å². The number of likely N-dealkylation sites (tertiary alicyclic amines) is 1. The zero-order chi connectivity index (χ0) is 20.4. The van der Waals surface area contributed by atoms with E-state index in [-0.39, 0.29) is 12.0 Å². The highest BCUT2D eigenvalue weighted by Gasteiger charge is 2.47. The van der Waals surface area contributed by atoms with Crippen LogP contribution < -0.4 is 5.32 Å². The molecule has 2 amide bonds. The summed E-state index contributed by atoms with van der Waals surface area (Å²) in [6, 6.07) is 1.00. The molecule has 1 heterocycles. The number of rotatable bonds is 5. The number of hydrogen-bond acceptors (Lipinski definition) is 3. The third-order valence-electron chi connectivity index (χ3n) is 5.77. The Bertz CT molecular complexity index is 765. The van der Waals surface area contributed by atoms with Gasteiger partial charge in [-0.3, -0.25) is 9.59 Å². The number of carbonyl (C=O) groups excluding carboxylic acids is 2. The molecule has 0 spiro atoms. The van der Waals surface area contributed by atoms with Gasteiger partial charge in [-0.15, -0.1) is 0 Å². The molecule has 28 heavy (non-hydrogen) atoms. The summed E-state index contributed by atoms with van der Waals surface area (Å²) < 4.78 is 28.5. The van der Waals surface area contributed by atoms with Gasteiger partial charge in [0.25, 0.3) is 0 Å². The van der Waals surface area contributed by atoms with Gasteiger partial charge in [0.1, 0.15) is 17.7 Å². The van der Waals surface area contributed by atoms with Crippen molar-refractivity contribution in [3.63, 3.8) is 0 Å². The Hall–Kier alpha value is -2.51. The lowest BCUT2D eigenvalue weighted by molar-refractivity contribution is -0.150. The zero-order valence-corrected chi connectivity index (χ0v) is 15.7. The van der Waals surface area contributed by atoms with Crippen LogP contribution in [0.15, 0.2) is 18.2 Å². The fourth-order valence-corrected chi connectivity index (χ4v) is 4.63. The number of aliphatic carboxylic acids is 1. The van der Waals surface area contributed by atoms with Gasteiger partial charge in [0, 0.05) is 18.5 Å². The lowest BCUT2D eigenvalue weighted by atomic mass is 9.84. The first-order valence-corrected chi connectivity index (χ1v) is 9.54. The third-order valence-corrected chi connectivity index (χ3v) is 5.77. The largest absolute Gasteiger partial charge is 0.480 e. The summed E-state index contributed by atoms with van der Waals surface area (Å²) in [6.07, 6.45) is 3.50. The number of hydrogen-bond donors (Lipinski definition) is 2. The van der Waals surface area contributed by atoms with Crippen molar-refractivity contribution in [3.05, 3.63) is 35.4 Å². The monoisotopic (exact) mass is 394 g/mol. The van der Waals surface area contributed by atoms with Gasteiger partial charge in [0.2, 0.25) is 11.8 Å². The maximum Gasteiger partial charge on any atom is 0.326 e. The molecule has 2 N–H and O–H groups in total. The van der Waals surface area contributed by atoms with Crippen LogP contribution in [0.1, 0.15) is 57.1 Å². The lowest BCUT2D eigenvalue weighted by Crippen LogP contribution is -2.47. The highest BCUT2D eigenvalue weighted by atomic mass is 19.1. The molecule has 1 aliphatic carbocycles. The van der Waals surface area contributed by atoms with E-state index in [0.717, 1.165) is 37.8 Å².